The predicted octanol–water partition coefficient (Wildman–Crippen LogP) is 4.35. The largest absolute Gasteiger partial charge is 0.465 e. The number of nitrogens with two attached hydrogens (primary N) is 1. The first kappa shape index (κ1) is 15.5. The molecule has 2 aromatic rings. The van der Waals surface area contributed by atoms with Gasteiger partial charge in [0.25, 0.3) is 0 Å². The Kier molecular flexibility index (Phi) is 4.32. The van der Waals surface area contributed by atoms with E-state index in [1.165, 1.54) is 30.6 Å². The minimum Gasteiger partial charge on any atom is -0.465 e. The van der Waals surface area contributed by atoms with Gasteiger partial charge < -0.3 is 10.5 Å². The van der Waals surface area contributed by atoms with Gasteiger partial charge in [-0.3, -0.25) is 0 Å². The summed E-state index contributed by atoms with van der Waals surface area (Å²) < 4.78 is 18.4. The monoisotopic (exact) mass is 307 g/mol. The predicted molar refractivity (Wildman–Crippen MR) is 84.3 cm³/mol. The zero-order valence-corrected chi connectivity index (χ0v) is 13.3. The number of aryl methyl sites for hydroxylation is 1. The van der Waals surface area contributed by atoms with Crippen molar-refractivity contribution in [2.45, 2.75) is 26.7 Å². The minimum absolute atomic E-state index is 0.123. The van der Waals surface area contributed by atoms with Crippen LogP contribution >= 0.6 is 11.3 Å². The fraction of sp³-hybridized carbons (Fsp3) is 0.312. The molecule has 0 aliphatic heterocycles. The molecule has 0 aliphatic carbocycles. The van der Waals surface area contributed by atoms with Gasteiger partial charge in [0, 0.05) is 4.88 Å². The third kappa shape index (κ3) is 2.78. The number of thiophene rings is 1. The first-order chi connectivity index (χ1) is 9.86. The Morgan fingerprint density at radius 3 is 2.62 bits per heavy atom. The van der Waals surface area contributed by atoms with Crippen LogP contribution in [0.25, 0.3) is 10.4 Å². The lowest BCUT2D eigenvalue weighted by atomic mass is 9.96. The van der Waals surface area contributed by atoms with Crippen LogP contribution in [0.4, 0.5) is 10.1 Å². The van der Waals surface area contributed by atoms with Crippen molar-refractivity contribution >= 4 is 23.0 Å². The average Bonchev–Trinajstić information content (AvgIpc) is 2.78. The van der Waals surface area contributed by atoms with Gasteiger partial charge in [-0.25, -0.2) is 9.18 Å². The Bertz CT molecular complexity index is 692. The van der Waals surface area contributed by atoms with Gasteiger partial charge in [0.2, 0.25) is 0 Å². The summed E-state index contributed by atoms with van der Waals surface area (Å²) in [4.78, 5) is 13.0. The molecule has 3 nitrogen and oxygen atoms in total. The van der Waals surface area contributed by atoms with Gasteiger partial charge in [0.15, 0.2) is 0 Å². The molecule has 2 rings (SSSR count). The molecule has 1 aromatic carbocycles. The molecular weight excluding hydrogens is 289 g/mol. The van der Waals surface area contributed by atoms with Crippen molar-refractivity contribution in [1.82, 2.24) is 0 Å². The van der Waals surface area contributed by atoms with E-state index in [-0.39, 0.29) is 11.7 Å². The van der Waals surface area contributed by atoms with Crippen molar-refractivity contribution in [1.29, 1.82) is 0 Å². The standard InChI is InChI=1S/C16H18FNO2S/c1-8(2)12-13(18)15(16(19)20-4)21-14(12)11-7-10(17)6-5-9(11)3/h5-8H,18H2,1-4H3. The van der Waals surface area contributed by atoms with Crippen LogP contribution in [0.1, 0.15) is 40.6 Å². The van der Waals surface area contributed by atoms with Crippen LogP contribution in [0.2, 0.25) is 0 Å². The summed E-state index contributed by atoms with van der Waals surface area (Å²) in [5.74, 6) is -0.645. The van der Waals surface area contributed by atoms with Crippen molar-refractivity contribution in [3.05, 3.63) is 40.0 Å². The molecule has 0 atom stereocenters. The fourth-order valence-corrected chi connectivity index (χ4v) is 3.69. The zero-order chi connectivity index (χ0) is 15.7. The summed E-state index contributed by atoms with van der Waals surface area (Å²) in [5, 5.41) is 0. The lowest BCUT2D eigenvalue weighted by Gasteiger charge is -2.11. The lowest BCUT2D eigenvalue weighted by molar-refractivity contribution is 0.0607. The molecule has 0 amide bonds. The number of hydrogen-bond donors (Lipinski definition) is 1. The topological polar surface area (TPSA) is 52.3 Å². The molecule has 0 spiro atoms. The highest BCUT2D eigenvalue weighted by Gasteiger charge is 2.24. The van der Waals surface area contributed by atoms with E-state index in [9.17, 15) is 9.18 Å². The molecule has 112 valence electrons. The van der Waals surface area contributed by atoms with E-state index < -0.39 is 5.97 Å². The van der Waals surface area contributed by atoms with E-state index in [0.717, 1.165) is 21.6 Å². The zero-order valence-electron chi connectivity index (χ0n) is 12.5. The maximum Gasteiger partial charge on any atom is 0.350 e. The maximum absolute atomic E-state index is 13.6. The summed E-state index contributed by atoms with van der Waals surface area (Å²) in [6, 6.07) is 4.63. The SMILES string of the molecule is COC(=O)c1sc(-c2cc(F)ccc2C)c(C(C)C)c1N. The number of ether oxygens (including phenoxy) is 1. The number of hydrogen-bond acceptors (Lipinski definition) is 4. The minimum atomic E-state index is -0.459. The third-order valence-corrected chi connectivity index (χ3v) is 4.61. The molecule has 1 heterocycles. The van der Waals surface area contributed by atoms with E-state index in [4.69, 9.17) is 10.5 Å². The van der Waals surface area contributed by atoms with E-state index in [1.54, 1.807) is 6.07 Å². The van der Waals surface area contributed by atoms with E-state index in [1.807, 2.05) is 20.8 Å². The second-order valence-electron chi connectivity index (χ2n) is 5.19. The lowest BCUT2D eigenvalue weighted by Crippen LogP contribution is -2.03. The Morgan fingerprint density at radius 1 is 1.38 bits per heavy atom. The molecule has 0 unspecified atom stereocenters. The average molecular weight is 307 g/mol. The number of carbonyl (C=O) groups excluding carboxylic acids is 1. The van der Waals surface area contributed by atoms with Gasteiger partial charge in [-0.15, -0.1) is 11.3 Å². The summed E-state index contributed by atoms with van der Waals surface area (Å²) in [5.41, 5.74) is 9.13. The molecule has 0 fully saturated rings. The molecule has 0 saturated carbocycles. The highest BCUT2D eigenvalue weighted by molar-refractivity contribution is 7.18. The number of carbonyl (C=O) groups is 1. The van der Waals surface area contributed by atoms with Gasteiger partial charge in [-0.1, -0.05) is 19.9 Å². The second kappa shape index (κ2) is 5.85. The Balaban J connectivity index is 2.73. The molecular formula is C16H18FNO2S. The quantitative estimate of drug-likeness (QED) is 0.857. The number of anilines is 1. The number of halogens is 1. The van der Waals surface area contributed by atoms with Crippen LogP contribution in [0.15, 0.2) is 18.2 Å². The van der Waals surface area contributed by atoms with Crippen LogP contribution in [0.3, 0.4) is 0 Å². The molecule has 21 heavy (non-hydrogen) atoms. The molecule has 0 radical (unpaired) electrons. The van der Waals surface area contributed by atoms with Crippen LogP contribution in [0, 0.1) is 12.7 Å². The van der Waals surface area contributed by atoms with Crippen LogP contribution in [0.5, 0.6) is 0 Å². The van der Waals surface area contributed by atoms with Gasteiger partial charge in [0.05, 0.1) is 12.8 Å². The Labute approximate surface area is 127 Å². The van der Waals surface area contributed by atoms with Crippen molar-refractivity contribution < 1.29 is 13.9 Å². The smallest absolute Gasteiger partial charge is 0.350 e. The molecule has 5 heteroatoms. The van der Waals surface area contributed by atoms with Gasteiger partial charge >= 0.3 is 5.97 Å². The summed E-state index contributed by atoms with van der Waals surface area (Å²) in [7, 11) is 1.32. The molecule has 0 aliphatic rings. The third-order valence-electron chi connectivity index (χ3n) is 3.38. The summed E-state index contributed by atoms with van der Waals surface area (Å²) >= 11 is 1.26. The van der Waals surface area contributed by atoms with Crippen molar-refractivity contribution in [3.8, 4) is 10.4 Å². The first-order valence-electron chi connectivity index (χ1n) is 6.63. The van der Waals surface area contributed by atoms with Crippen molar-refractivity contribution in [3.63, 3.8) is 0 Å². The Hall–Kier alpha value is -1.88. The van der Waals surface area contributed by atoms with Crippen molar-refractivity contribution in [2.24, 2.45) is 0 Å². The number of benzene rings is 1. The van der Waals surface area contributed by atoms with Gasteiger partial charge in [0.1, 0.15) is 10.7 Å². The van der Waals surface area contributed by atoms with Crippen LogP contribution < -0.4 is 5.73 Å². The number of esters is 1. The highest BCUT2D eigenvalue weighted by atomic mass is 32.1. The summed E-state index contributed by atoms with van der Waals surface area (Å²) in [6.07, 6.45) is 0. The van der Waals surface area contributed by atoms with E-state index >= 15 is 0 Å². The van der Waals surface area contributed by atoms with E-state index in [2.05, 4.69) is 0 Å². The number of nitrogen functional groups attached to an aromatic ring is 1. The molecule has 1 aromatic heterocycles. The first-order valence-corrected chi connectivity index (χ1v) is 7.45. The van der Waals surface area contributed by atoms with Gasteiger partial charge in [-0.05, 0) is 41.7 Å². The number of methoxy groups -OCH3 is 1. The van der Waals surface area contributed by atoms with E-state index in [0.29, 0.717) is 10.6 Å². The van der Waals surface area contributed by atoms with Crippen molar-refractivity contribution in [2.75, 3.05) is 12.8 Å². The summed E-state index contributed by atoms with van der Waals surface area (Å²) in [6.45, 7) is 5.90. The molecule has 2 N–H and O–H groups in total. The maximum atomic E-state index is 13.6. The van der Waals surface area contributed by atoms with Crippen LogP contribution in [-0.2, 0) is 4.74 Å². The molecule has 0 saturated heterocycles. The number of rotatable bonds is 3. The fourth-order valence-electron chi connectivity index (χ4n) is 2.31. The Morgan fingerprint density at radius 2 is 2.05 bits per heavy atom. The highest BCUT2D eigenvalue weighted by Crippen LogP contribution is 2.44. The van der Waals surface area contributed by atoms with Gasteiger partial charge in [-0.2, -0.15) is 0 Å². The molecule has 0 bridgehead atoms. The normalized spacial score (nSPS) is 11.0. The second-order valence-corrected chi connectivity index (χ2v) is 6.21. The van der Waals surface area contributed by atoms with Crippen LogP contribution in [-0.4, -0.2) is 13.1 Å².